The molecule has 1 N–H and O–H groups in total. The number of hydrogen-bond acceptors (Lipinski definition) is 2. The van der Waals surface area contributed by atoms with E-state index in [4.69, 9.17) is 0 Å². The molecule has 0 amide bonds. The molecule has 0 aromatic carbocycles. The second-order valence-electron chi connectivity index (χ2n) is 2.28. The van der Waals surface area contributed by atoms with Gasteiger partial charge >= 0.3 is 65.0 Å². The van der Waals surface area contributed by atoms with Gasteiger partial charge in [-0.3, -0.25) is 0 Å². The van der Waals surface area contributed by atoms with Crippen LogP contribution in [0, 0.1) is 0 Å². The van der Waals surface area contributed by atoms with Gasteiger partial charge in [0.25, 0.3) is 0 Å². The van der Waals surface area contributed by atoms with E-state index in [1.807, 2.05) is 6.08 Å². The van der Waals surface area contributed by atoms with Crippen LogP contribution in [0.3, 0.4) is 0 Å². The quantitative estimate of drug-likeness (QED) is 0.557. The predicted octanol–water partition coefficient (Wildman–Crippen LogP) is -0.00810. The molecule has 0 saturated carbocycles. The van der Waals surface area contributed by atoms with Gasteiger partial charge in [-0.1, -0.05) is 0 Å². The van der Waals surface area contributed by atoms with Crippen LogP contribution in [0.4, 0.5) is 0 Å². The fourth-order valence-electron chi connectivity index (χ4n) is 1.07. The van der Waals surface area contributed by atoms with E-state index < -0.39 is 0 Å². The molecule has 3 heteroatoms. The third kappa shape index (κ3) is 0.916. The summed E-state index contributed by atoms with van der Waals surface area (Å²) in [6.07, 6.45) is 4.22. The van der Waals surface area contributed by atoms with E-state index in [1.165, 1.54) is 10.2 Å². The average molecular weight is 200 g/mol. The van der Waals surface area contributed by atoms with E-state index in [-0.39, 0.29) is 5.78 Å². The molecular formula is C7H7NOSe. The first kappa shape index (κ1) is 6.20. The molecule has 1 aliphatic carbocycles. The van der Waals surface area contributed by atoms with Crippen molar-refractivity contribution in [2.24, 2.45) is 0 Å². The Balaban J connectivity index is 2.30. The molecule has 0 aromatic rings. The number of hydrogen-bond donors (Lipinski definition) is 1. The van der Waals surface area contributed by atoms with Crippen molar-refractivity contribution >= 4 is 20.7 Å². The van der Waals surface area contributed by atoms with Crippen LogP contribution in [0.15, 0.2) is 22.3 Å². The Morgan fingerprint density at radius 1 is 1.50 bits per heavy atom. The Labute approximate surface area is 65.5 Å². The number of rotatable bonds is 0. The summed E-state index contributed by atoms with van der Waals surface area (Å²) in [6.45, 7) is 0. The molecule has 0 saturated heterocycles. The summed E-state index contributed by atoms with van der Waals surface area (Å²) in [6, 6.07) is 0. The molecule has 0 fully saturated rings. The van der Waals surface area contributed by atoms with Crippen molar-refractivity contribution < 1.29 is 4.79 Å². The second kappa shape index (κ2) is 2.26. The molecule has 0 atom stereocenters. The Kier molecular flexibility index (Phi) is 1.40. The Morgan fingerprint density at radius 3 is 3.30 bits per heavy atom. The van der Waals surface area contributed by atoms with Gasteiger partial charge in [0.2, 0.25) is 0 Å². The van der Waals surface area contributed by atoms with E-state index in [2.05, 4.69) is 5.32 Å². The third-order valence-corrected chi connectivity index (χ3v) is 3.68. The van der Waals surface area contributed by atoms with Gasteiger partial charge in [0.1, 0.15) is 0 Å². The molecule has 0 bridgehead atoms. The topological polar surface area (TPSA) is 29.1 Å². The van der Waals surface area contributed by atoms with E-state index >= 15 is 0 Å². The van der Waals surface area contributed by atoms with Gasteiger partial charge in [-0.25, -0.2) is 0 Å². The molecule has 0 radical (unpaired) electrons. The number of allylic oxidation sites excluding steroid dienone is 3. The molecule has 0 spiro atoms. The minimum atomic E-state index is 0.254. The van der Waals surface area contributed by atoms with E-state index in [0.29, 0.717) is 21.4 Å². The number of ketones is 1. The molecule has 2 aliphatic rings. The fourth-order valence-corrected chi connectivity index (χ4v) is 3.05. The minimum absolute atomic E-state index is 0.254. The van der Waals surface area contributed by atoms with Crippen molar-refractivity contribution in [3.8, 4) is 0 Å². The van der Waals surface area contributed by atoms with Gasteiger partial charge in [0.05, 0.1) is 0 Å². The summed E-state index contributed by atoms with van der Waals surface area (Å²) in [5.41, 5.74) is 2.27. The first-order chi connectivity index (χ1) is 4.86. The van der Waals surface area contributed by atoms with Crippen LogP contribution < -0.4 is 5.32 Å². The first-order valence-corrected chi connectivity index (χ1v) is 5.24. The van der Waals surface area contributed by atoms with E-state index in [9.17, 15) is 4.79 Å². The number of carbonyl (C=O) groups is 1. The van der Waals surface area contributed by atoms with Crippen molar-refractivity contribution in [2.75, 3.05) is 5.44 Å². The molecule has 10 heavy (non-hydrogen) atoms. The summed E-state index contributed by atoms with van der Waals surface area (Å²) in [4.78, 5) is 10.9. The first-order valence-electron chi connectivity index (χ1n) is 3.17. The van der Waals surface area contributed by atoms with Crippen LogP contribution in [-0.4, -0.2) is 26.2 Å². The van der Waals surface area contributed by atoms with Crippen molar-refractivity contribution in [2.45, 2.75) is 6.42 Å². The van der Waals surface area contributed by atoms with Crippen molar-refractivity contribution in [3.63, 3.8) is 0 Å². The zero-order chi connectivity index (χ0) is 6.97. The summed E-state index contributed by atoms with van der Waals surface area (Å²) < 4.78 is 1.35. The van der Waals surface area contributed by atoms with Crippen molar-refractivity contribution in [1.82, 2.24) is 5.32 Å². The summed E-state index contributed by atoms with van der Waals surface area (Å²) in [5, 5.41) is 3.25. The van der Waals surface area contributed by atoms with Crippen molar-refractivity contribution in [1.29, 1.82) is 0 Å². The summed E-state index contributed by atoms with van der Waals surface area (Å²) >= 11 is 0.537. The molecule has 0 aromatic heterocycles. The normalized spacial score (nSPS) is 23.0. The Hall–Kier alpha value is -0.531. The number of carbonyl (C=O) groups excluding carboxylic acids is 1. The van der Waals surface area contributed by atoms with Gasteiger partial charge in [0, 0.05) is 0 Å². The Bertz CT molecular complexity index is 242. The fraction of sp³-hybridized carbons (Fsp3) is 0.286. The van der Waals surface area contributed by atoms with Crippen LogP contribution in [-0.2, 0) is 4.79 Å². The van der Waals surface area contributed by atoms with Gasteiger partial charge in [-0.05, 0) is 0 Å². The zero-order valence-corrected chi connectivity index (χ0v) is 7.10. The third-order valence-electron chi connectivity index (χ3n) is 1.58. The van der Waals surface area contributed by atoms with Crippen LogP contribution in [0.25, 0.3) is 0 Å². The number of nitrogens with one attached hydrogen (secondary N) is 1. The molecule has 2 nitrogen and oxygen atoms in total. The van der Waals surface area contributed by atoms with E-state index in [0.717, 1.165) is 5.44 Å². The van der Waals surface area contributed by atoms with Crippen LogP contribution in [0.1, 0.15) is 6.42 Å². The zero-order valence-electron chi connectivity index (χ0n) is 5.39. The maximum absolute atomic E-state index is 10.9. The van der Waals surface area contributed by atoms with Gasteiger partial charge in [-0.2, -0.15) is 0 Å². The molecule has 1 heterocycles. The molecule has 0 unspecified atom stereocenters. The van der Waals surface area contributed by atoms with Gasteiger partial charge in [0.15, 0.2) is 0 Å². The summed E-state index contributed by atoms with van der Waals surface area (Å²) in [5.74, 6) is 0.254. The predicted molar refractivity (Wildman–Crippen MR) is 39.5 cm³/mol. The van der Waals surface area contributed by atoms with Crippen LogP contribution >= 0.6 is 0 Å². The van der Waals surface area contributed by atoms with Crippen molar-refractivity contribution in [3.05, 3.63) is 22.3 Å². The SMILES string of the molecule is O=C1C=CC2=C(C1)[Se]CN2. The Morgan fingerprint density at radius 2 is 2.40 bits per heavy atom. The van der Waals surface area contributed by atoms with Crippen LogP contribution in [0.5, 0.6) is 0 Å². The van der Waals surface area contributed by atoms with E-state index in [1.54, 1.807) is 6.08 Å². The molecular weight excluding hydrogens is 193 g/mol. The van der Waals surface area contributed by atoms with Crippen LogP contribution in [0.2, 0.25) is 0 Å². The molecule has 1 aliphatic heterocycles. The standard InChI is InChI=1S/C7H7NOSe/c9-5-1-2-6-7(3-5)10-4-8-6/h1-2,8H,3-4H2. The molecule has 2 rings (SSSR count). The maximum atomic E-state index is 10.9. The average Bonchev–Trinajstić information content (AvgIpc) is 2.33. The molecule has 52 valence electrons. The van der Waals surface area contributed by atoms with Gasteiger partial charge < -0.3 is 0 Å². The monoisotopic (exact) mass is 201 g/mol. The second-order valence-corrected chi connectivity index (χ2v) is 4.52. The summed E-state index contributed by atoms with van der Waals surface area (Å²) in [7, 11) is 0. The van der Waals surface area contributed by atoms with Gasteiger partial charge in [-0.15, -0.1) is 0 Å².